The van der Waals surface area contributed by atoms with Crippen LogP contribution in [0.5, 0.6) is 0 Å². The Labute approximate surface area is 337 Å². The van der Waals surface area contributed by atoms with E-state index in [-0.39, 0.29) is 85.8 Å². The first-order valence-electron chi connectivity index (χ1n) is 20.2. The molecule has 0 aromatic rings. The summed E-state index contributed by atoms with van der Waals surface area (Å²) in [6.45, 7) is 16.7. The number of fused-ring (bicyclic) bond motifs is 6. The molecule has 0 aromatic heterocycles. The molecule has 8 rings (SSSR count). The molecular weight excluding hydrogens is 847 g/mol. The number of ether oxygens (including phenoxy) is 4. The smallest absolute Gasteiger partial charge is 0.317 e. The van der Waals surface area contributed by atoms with Crippen LogP contribution in [0.4, 0.5) is 0 Å². The molecule has 2 heterocycles. The fraction of sp³-hybridized carbons (Fsp3) is 0.927. The van der Waals surface area contributed by atoms with Crippen LogP contribution < -0.4 is 0 Å². The van der Waals surface area contributed by atoms with Gasteiger partial charge in [-0.1, -0.05) is 48.5 Å². The molecule has 6 aliphatic carbocycles. The minimum atomic E-state index is -0.396. The molecule has 6 bridgehead atoms. The monoisotopic (exact) mass is 914 g/mol. The van der Waals surface area contributed by atoms with Gasteiger partial charge in [-0.2, -0.15) is 0 Å². The van der Waals surface area contributed by atoms with E-state index in [1.165, 1.54) is 38.5 Å². The Morgan fingerprint density at radius 1 is 0.840 bits per heavy atom. The van der Waals surface area contributed by atoms with Gasteiger partial charge in [-0.15, -0.1) is 0 Å². The molecule has 8 fully saturated rings. The first-order chi connectivity index (χ1) is 23.3. The second kappa shape index (κ2) is 17.2. The molecule has 0 amide bonds. The van der Waals surface area contributed by atoms with Crippen molar-refractivity contribution in [1.82, 2.24) is 0 Å². The summed E-state index contributed by atoms with van der Waals surface area (Å²) in [4.78, 5) is 34.0. The first kappa shape index (κ1) is 41.1. The Morgan fingerprint density at radius 2 is 1.44 bits per heavy atom. The van der Waals surface area contributed by atoms with E-state index in [0.29, 0.717) is 23.7 Å². The van der Waals surface area contributed by atoms with Crippen molar-refractivity contribution in [2.45, 2.75) is 144 Å². The van der Waals surface area contributed by atoms with Gasteiger partial charge in [-0.05, 0) is 136 Å². The zero-order valence-corrected chi connectivity index (χ0v) is 36.8. The Hall–Kier alpha value is -0.0684. The third-order valence-corrected chi connectivity index (χ3v) is 15.8. The summed E-state index contributed by atoms with van der Waals surface area (Å²) in [5.74, 6) is 7.26. The van der Waals surface area contributed by atoms with Crippen molar-refractivity contribution >= 4 is 17.9 Å². The van der Waals surface area contributed by atoms with Gasteiger partial charge in [0, 0.05) is 50.5 Å². The standard InChI is InChI=1S/C19H30O2.C16H28O3.C6H8O3.Ac/c1-4-19(10-13-5-6-15(19)7-13)21-18(20)17-9-14-8-16(17)12(3)11(14)2;1-10-11(2)13-8-12(10)9-14(13)15(17)4-5-16-18-6-3-7-19-16;1-3-4(2)6(8)9-5(3)7;/h11-17H,4-10H2,1-3H3;10-17H,3-9H2,1-2H3;3-4H,1-2H3;. The molecule has 0 spiro atoms. The second-order valence-electron chi connectivity index (χ2n) is 17.9. The molecule has 281 valence electrons. The van der Waals surface area contributed by atoms with Crippen LogP contribution in [-0.2, 0) is 33.3 Å². The fourth-order valence-electron chi connectivity index (χ4n) is 11.9. The van der Waals surface area contributed by atoms with Gasteiger partial charge in [0.2, 0.25) is 0 Å². The van der Waals surface area contributed by atoms with Crippen LogP contribution in [0.2, 0.25) is 0 Å². The van der Waals surface area contributed by atoms with Crippen molar-refractivity contribution in [2.24, 2.45) is 82.9 Å². The quantitative estimate of drug-likeness (QED) is 0.206. The van der Waals surface area contributed by atoms with Crippen LogP contribution in [0.15, 0.2) is 0 Å². The molecule has 8 nitrogen and oxygen atoms in total. The number of hydrogen-bond donors (Lipinski definition) is 1. The maximum absolute atomic E-state index is 12.9. The molecule has 16 unspecified atom stereocenters. The van der Waals surface area contributed by atoms with Crippen molar-refractivity contribution in [1.29, 1.82) is 0 Å². The van der Waals surface area contributed by atoms with Gasteiger partial charge in [0.1, 0.15) is 5.60 Å². The van der Waals surface area contributed by atoms with Gasteiger partial charge >= 0.3 is 17.9 Å². The predicted octanol–water partition coefficient (Wildman–Crippen LogP) is 7.59. The minimum absolute atomic E-state index is 0. The number of cyclic esters (lactones) is 2. The average Bonchev–Trinajstić information content (AvgIpc) is 3.98. The van der Waals surface area contributed by atoms with E-state index in [2.05, 4.69) is 39.4 Å². The van der Waals surface area contributed by atoms with Crippen LogP contribution in [0, 0.1) is 127 Å². The van der Waals surface area contributed by atoms with Gasteiger partial charge in [-0.3, -0.25) is 14.4 Å². The zero-order valence-electron chi connectivity index (χ0n) is 32.0. The summed E-state index contributed by atoms with van der Waals surface area (Å²) in [5.41, 5.74) is -0.0866. The molecule has 6 saturated carbocycles. The molecule has 2 saturated heterocycles. The molecule has 0 aromatic carbocycles. The summed E-state index contributed by atoms with van der Waals surface area (Å²) in [5, 5.41) is 10.5. The average molecular weight is 914 g/mol. The number of rotatable bonds is 7. The van der Waals surface area contributed by atoms with Crippen LogP contribution in [0.1, 0.15) is 126 Å². The third-order valence-electron chi connectivity index (χ3n) is 15.8. The van der Waals surface area contributed by atoms with Gasteiger partial charge in [-0.25, -0.2) is 0 Å². The molecule has 2 aliphatic heterocycles. The largest absolute Gasteiger partial charge is 0.459 e. The number of hydrogen-bond acceptors (Lipinski definition) is 8. The molecule has 9 heteroatoms. The maximum Gasteiger partial charge on any atom is 0.317 e. The second-order valence-corrected chi connectivity index (χ2v) is 17.9. The van der Waals surface area contributed by atoms with Crippen molar-refractivity contribution in [3.05, 3.63) is 0 Å². The number of esters is 3. The van der Waals surface area contributed by atoms with E-state index in [4.69, 9.17) is 14.2 Å². The van der Waals surface area contributed by atoms with E-state index < -0.39 is 11.9 Å². The molecule has 1 N–H and O–H groups in total. The van der Waals surface area contributed by atoms with Gasteiger partial charge in [0.25, 0.3) is 0 Å². The SMILES string of the molecule is CC1C(=O)OC(=O)C1C.CC1C2CC(C(O)CCC3OCCCO3)C(C2)C1C.CCC1(OC(=O)C2CC3CC2C(C)C3C)CC2CCC1C2.[Ac]. The number of carbonyl (C=O) groups is 3. The maximum atomic E-state index is 12.9. The van der Waals surface area contributed by atoms with Crippen LogP contribution >= 0.6 is 0 Å². The van der Waals surface area contributed by atoms with Gasteiger partial charge in [0.15, 0.2) is 6.29 Å². The topological polar surface area (TPSA) is 108 Å². The first-order valence-corrected chi connectivity index (χ1v) is 20.2. The third kappa shape index (κ3) is 8.28. The summed E-state index contributed by atoms with van der Waals surface area (Å²) in [6.07, 6.45) is 13.5. The molecular formula is C41H66AcO8. The molecule has 16 atom stereocenters. The van der Waals surface area contributed by atoms with Gasteiger partial charge < -0.3 is 24.1 Å². The summed E-state index contributed by atoms with van der Waals surface area (Å²) < 4.78 is 21.7. The van der Waals surface area contributed by atoms with Crippen molar-refractivity contribution in [3.63, 3.8) is 0 Å². The number of aliphatic hydroxyl groups is 1. The summed E-state index contributed by atoms with van der Waals surface area (Å²) in [6, 6.07) is 0. The molecule has 8 aliphatic rings. The Morgan fingerprint density at radius 3 is 1.90 bits per heavy atom. The van der Waals surface area contributed by atoms with Crippen LogP contribution in [-0.4, -0.2) is 54.2 Å². The van der Waals surface area contributed by atoms with E-state index in [1.54, 1.807) is 13.8 Å². The van der Waals surface area contributed by atoms with E-state index in [0.717, 1.165) is 93.2 Å². The van der Waals surface area contributed by atoms with Crippen LogP contribution in [0.25, 0.3) is 0 Å². The Kier molecular flexibility index (Phi) is 14.1. The number of aliphatic hydroxyl groups excluding tert-OH is 1. The zero-order chi connectivity index (χ0) is 35.2. The van der Waals surface area contributed by atoms with E-state index in [9.17, 15) is 19.5 Å². The Balaban J connectivity index is 0.000000155. The summed E-state index contributed by atoms with van der Waals surface area (Å²) >= 11 is 0. The number of carbonyl (C=O) groups excluding carboxylic acids is 3. The molecule has 50 heavy (non-hydrogen) atoms. The van der Waals surface area contributed by atoms with Crippen molar-refractivity contribution < 1.29 is 82.5 Å². The van der Waals surface area contributed by atoms with E-state index in [1.807, 2.05) is 0 Å². The van der Waals surface area contributed by atoms with Crippen molar-refractivity contribution in [2.75, 3.05) is 13.2 Å². The summed E-state index contributed by atoms with van der Waals surface area (Å²) in [7, 11) is 0. The normalized spacial score (nSPS) is 46.1. The van der Waals surface area contributed by atoms with E-state index >= 15 is 0 Å². The predicted molar refractivity (Wildman–Crippen MR) is 186 cm³/mol. The fourth-order valence-corrected chi connectivity index (χ4v) is 11.9. The Bertz CT molecular complexity index is 1170. The minimum Gasteiger partial charge on any atom is -0.459 e. The van der Waals surface area contributed by atoms with Gasteiger partial charge in [0.05, 0.1) is 37.1 Å². The van der Waals surface area contributed by atoms with Crippen LogP contribution in [0.3, 0.4) is 0 Å². The van der Waals surface area contributed by atoms with Crippen molar-refractivity contribution in [3.8, 4) is 0 Å². The molecule has 1 radical (unpaired) electrons.